The van der Waals surface area contributed by atoms with Crippen molar-refractivity contribution in [3.8, 4) is 5.75 Å². The molecule has 0 spiro atoms. The molecule has 1 aromatic carbocycles. The largest absolute Gasteiger partial charge is 0.496 e. The number of hydrogen-bond donors (Lipinski definition) is 1. The van der Waals surface area contributed by atoms with Crippen LogP contribution in [-0.4, -0.2) is 19.1 Å². The van der Waals surface area contributed by atoms with Crippen molar-refractivity contribution in [2.45, 2.75) is 26.8 Å². The minimum atomic E-state index is 0.134. The highest BCUT2D eigenvalue weighted by atomic mass is 32.1. The van der Waals surface area contributed by atoms with Gasteiger partial charge in [0.2, 0.25) is 0 Å². The molecule has 3 nitrogen and oxygen atoms in total. The summed E-state index contributed by atoms with van der Waals surface area (Å²) in [6.07, 6.45) is 0. The molecule has 0 fully saturated rings. The van der Waals surface area contributed by atoms with Gasteiger partial charge >= 0.3 is 0 Å². The Morgan fingerprint density at radius 1 is 1.21 bits per heavy atom. The number of hydrogen-bond acceptors (Lipinski definition) is 4. The van der Waals surface area contributed by atoms with Gasteiger partial charge in [0.25, 0.3) is 0 Å². The third-order valence-electron chi connectivity index (χ3n) is 3.32. The predicted octanol–water partition coefficient (Wildman–Crippen LogP) is 3.39. The summed E-state index contributed by atoms with van der Waals surface area (Å²) in [5, 5.41) is 6.57. The van der Waals surface area contributed by atoms with Crippen LogP contribution in [-0.2, 0) is 0 Å². The highest BCUT2D eigenvalue weighted by Crippen LogP contribution is 2.30. The van der Waals surface area contributed by atoms with Crippen LogP contribution < -0.4 is 10.1 Å². The lowest BCUT2D eigenvalue weighted by atomic mass is 9.96. The monoisotopic (exact) mass is 276 g/mol. The van der Waals surface area contributed by atoms with Gasteiger partial charge in [0.15, 0.2) is 0 Å². The molecule has 1 heterocycles. The molecule has 0 amide bonds. The molecule has 4 heteroatoms. The second kappa shape index (κ2) is 5.72. The number of nitrogens with zero attached hydrogens (tertiary/aromatic N) is 1. The molecule has 19 heavy (non-hydrogen) atoms. The first-order valence-electron chi connectivity index (χ1n) is 6.31. The summed E-state index contributed by atoms with van der Waals surface area (Å²) in [4.78, 5) is 4.60. The van der Waals surface area contributed by atoms with Gasteiger partial charge in [-0.1, -0.05) is 6.07 Å². The van der Waals surface area contributed by atoms with Crippen LogP contribution in [0.4, 0.5) is 0 Å². The first kappa shape index (κ1) is 14.0. The number of aryl methyl sites for hydroxylation is 3. The van der Waals surface area contributed by atoms with Crippen molar-refractivity contribution >= 4 is 11.3 Å². The highest BCUT2D eigenvalue weighted by molar-refractivity contribution is 7.09. The maximum absolute atomic E-state index is 5.37. The van der Waals surface area contributed by atoms with Crippen LogP contribution in [0.15, 0.2) is 17.5 Å². The van der Waals surface area contributed by atoms with Gasteiger partial charge in [-0.3, -0.25) is 0 Å². The van der Waals surface area contributed by atoms with E-state index in [-0.39, 0.29) is 6.04 Å². The number of nitrogens with one attached hydrogen (secondary N) is 1. The molecular weight excluding hydrogens is 256 g/mol. The van der Waals surface area contributed by atoms with Crippen LogP contribution in [0.25, 0.3) is 0 Å². The Hall–Kier alpha value is -1.39. The molecule has 2 aromatic rings. The van der Waals surface area contributed by atoms with E-state index < -0.39 is 0 Å². The Balaban J connectivity index is 2.47. The molecule has 1 N–H and O–H groups in total. The summed E-state index contributed by atoms with van der Waals surface area (Å²) < 4.78 is 5.37. The van der Waals surface area contributed by atoms with Crippen LogP contribution in [0.5, 0.6) is 5.75 Å². The van der Waals surface area contributed by atoms with Crippen molar-refractivity contribution < 1.29 is 4.74 Å². The van der Waals surface area contributed by atoms with Gasteiger partial charge in [0, 0.05) is 5.38 Å². The molecule has 1 atom stereocenters. The molecule has 0 saturated heterocycles. The summed E-state index contributed by atoms with van der Waals surface area (Å²) in [6.45, 7) is 6.22. The summed E-state index contributed by atoms with van der Waals surface area (Å²) >= 11 is 1.68. The maximum Gasteiger partial charge on any atom is 0.122 e. The molecule has 0 saturated carbocycles. The van der Waals surface area contributed by atoms with Crippen LogP contribution in [0.3, 0.4) is 0 Å². The van der Waals surface area contributed by atoms with Crippen LogP contribution in [0, 0.1) is 20.8 Å². The second-order valence-corrected chi connectivity index (χ2v) is 5.75. The molecule has 0 bridgehead atoms. The average molecular weight is 276 g/mol. The Bertz CT molecular complexity index is 578. The number of methoxy groups -OCH3 is 1. The summed E-state index contributed by atoms with van der Waals surface area (Å²) in [7, 11) is 3.68. The molecule has 0 aliphatic rings. The number of rotatable bonds is 4. The molecule has 1 unspecified atom stereocenters. The minimum absolute atomic E-state index is 0.134. The molecule has 0 aliphatic heterocycles. The Morgan fingerprint density at radius 3 is 2.47 bits per heavy atom. The van der Waals surface area contributed by atoms with Gasteiger partial charge in [-0.15, -0.1) is 11.3 Å². The van der Waals surface area contributed by atoms with Crippen molar-refractivity contribution in [2.75, 3.05) is 14.2 Å². The van der Waals surface area contributed by atoms with E-state index >= 15 is 0 Å². The SMILES string of the molecule is CNC(c1csc(C)n1)c1cc(C)c(OC)cc1C. The van der Waals surface area contributed by atoms with E-state index in [9.17, 15) is 0 Å². The van der Waals surface area contributed by atoms with E-state index in [4.69, 9.17) is 4.74 Å². The van der Waals surface area contributed by atoms with E-state index in [1.807, 2.05) is 14.0 Å². The van der Waals surface area contributed by atoms with Gasteiger partial charge in [-0.05, 0) is 50.6 Å². The zero-order valence-corrected chi connectivity index (χ0v) is 12.9. The number of thiazole rings is 1. The van der Waals surface area contributed by atoms with E-state index in [1.54, 1.807) is 18.4 Å². The lowest BCUT2D eigenvalue weighted by Gasteiger charge is -2.19. The third-order valence-corrected chi connectivity index (χ3v) is 4.11. The van der Waals surface area contributed by atoms with Gasteiger partial charge in [0.1, 0.15) is 5.75 Å². The van der Waals surface area contributed by atoms with E-state index in [0.717, 1.165) is 22.0 Å². The summed E-state index contributed by atoms with van der Waals surface area (Å²) in [5.41, 5.74) is 4.70. The first-order chi connectivity index (χ1) is 9.06. The van der Waals surface area contributed by atoms with Gasteiger partial charge in [0.05, 0.1) is 23.9 Å². The van der Waals surface area contributed by atoms with Crippen molar-refractivity contribution in [2.24, 2.45) is 0 Å². The van der Waals surface area contributed by atoms with Crippen molar-refractivity contribution in [3.05, 3.63) is 44.9 Å². The number of ether oxygens (including phenoxy) is 1. The molecule has 0 radical (unpaired) electrons. The Kier molecular flexibility index (Phi) is 4.22. The standard InChI is InChI=1S/C15H20N2OS/c1-9-7-14(18-5)10(2)6-12(9)15(16-4)13-8-19-11(3)17-13/h6-8,15-16H,1-5H3. The average Bonchev–Trinajstić information content (AvgIpc) is 2.80. The number of benzene rings is 1. The predicted molar refractivity (Wildman–Crippen MR) is 80.2 cm³/mol. The first-order valence-corrected chi connectivity index (χ1v) is 7.19. The zero-order chi connectivity index (χ0) is 14.0. The fourth-order valence-corrected chi connectivity index (χ4v) is 2.96. The topological polar surface area (TPSA) is 34.2 Å². The minimum Gasteiger partial charge on any atom is -0.496 e. The van der Waals surface area contributed by atoms with Crippen LogP contribution in [0.1, 0.15) is 33.4 Å². The lowest BCUT2D eigenvalue weighted by Crippen LogP contribution is -2.19. The molecular formula is C15H20N2OS. The summed E-state index contributed by atoms with van der Waals surface area (Å²) in [5.74, 6) is 0.936. The van der Waals surface area contributed by atoms with Crippen LogP contribution in [0.2, 0.25) is 0 Å². The fourth-order valence-electron chi connectivity index (χ4n) is 2.32. The van der Waals surface area contributed by atoms with Gasteiger partial charge < -0.3 is 10.1 Å². The lowest BCUT2D eigenvalue weighted by molar-refractivity contribution is 0.411. The van der Waals surface area contributed by atoms with E-state index in [1.165, 1.54) is 11.1 Å². The quantitative estimate of drug-likeness (QED) is 0.929. The highest BCUT2D eigenvalue weighted by Gasteiger charge is 2.18. The maximum atomic E-state index is 5.37. The van der Waals surface area contributed by atoms with E-state index in [2.05, 4.69) is 41.7 Å². The molecule has 102 valence electrons. The summed E-state index contributed by atoms with van der Waals surface area (Å²) in [6, 6.07) is 4.41. The van der Waals surface area contributed by atoms with Crippen molar-refractivity contribution in [3.63, 3.8) is 0 Å². The van der Waals surface area contributed by atoms with Crippen molar-refractivity contribution in [1.29, 1.82) is 0 Å². The Morgan fingerprint density at radius 2 is 1.95 bits per heavy atom. The van der Waals surface area contributed by atoms with Crippen molar-refractivity contribution in [1.82, 2.24) is 10.3 Å². The fraction of sp³-hybridized carbons (Fsp3) is 0.400. The zero-order valence-electron chi connectivity index (χ0n) is 12.1. The normalized spacial score (nSPS) is 12.5. The molecule has 1 aromatic heterocycles. The van der Waals surface area contributed by atoms with Gasteiger partial charge in [-0.25, -0.2) is 4.98 Å². The third kappa shape index (κ3) is 2.80. The smallest absolute Gasteiger partial charge is 0.122 e. The number of aromatic nitrogens is 1. The van der Waals surface area contributed by atoms with Crippen LogP contribution >= 0.6 is 11.3 Å². The van der Waals surface area contributed by atoms with E-state index in [0.29, 0.717) is 0 Å². The van der Waals surface area contributed by atoms with Gasteiger partial charge in [-0.2, -0.15) is 0 Å². The molecule has 0 aliphatic carbocycles. The Labute approximate surface area is 118 Å². The second-order valence-electron chi connectivity index (χ2n) is 4.69. The molecule has 2 rings (SSSR count).